The lowest BCUT2D eigenvalue weighted by atomic mass is 9.95. The number of halogens is 1. The van der Waals surface area contributed by atoms with Gasteiger partial charge in [0.25, 0.3) is 0 Å². The third-order valence-corrected chi connectivity index (χ3v) is 6.80. The van der Waals surface area contributed by atoms with Gasteiger partial charge in [0, 0.05) is 44.2 Å². The monoisotopic (exact) mass is 383 g/mol. The Balaban J connectivity index is 1.66. The van der Waals surface area contributed by atoms with Gasteiger partial charge in [-0.05, 0) is 26.0 Å². The molecule has 0 aliphatic carbocycles. The topological polar surface area (TPSA) is 60.9 Å². The molecule has 1 atom stereocenters. The van der Waals surface area contributed by atoms with E-state index in [9.17, 15) is 17.6 Å². The van der Waals surface area contributed by atoms with Crippen molar-refractivity contribution < 1.29 is 17.6 Å². The molecule has 0 aromatic heterocycles. The third kappa shape index (κ3) is 4.07. The van der Waals surface area contributed by atoms with Crippen molar-refractivity contribution in [3.63, 3.8) is 0 Å². The second-order valence-electron chi connectivity index (χ2n) is 7.24. The molecule has 0 spiro atoms. The SMILES string of the molecule is CN1CCN(C(=O)C2CCN(S(C)(=O)=O)CC2)CC1c1ccccc1F. The van der Waals surface area contributed by atoms with Crippen molar-refractivity contribution in [2.24, 2.45) is 5.92 Å². The minimum absolute atomic E-state index is 0.0626. The summed E-state index contributed by atoms with van der Waals surface area (Å²) in [5.74, 6) is -0.342. The normalized spacial score (nSPS) is 24.0. The summed E-state index contributed by atoms with van der Waals surface area (Å²) >= 11 is 0. The summed E-state index contributed by atoms with van der Waals surface area (Å²) in [5.41, 5.74) is 0.611. The van der Waals surface area contributed by atoms with Crippen molar-refractivity contribution in [3.8, 4) is 0 Å². The Morgan fingerprint density at radius 1 is 1.12 bits per heavy atom. The van der Waals surface area contributed by atoms with Crippen LogP contribution in [-0.4, -0.2) is 74.5 Å². The number of carbonyl (C=O) groups excluding carboxylic acids is 1. The highest BCUT2D eigenvalue weighted by molar-refractivity contribution is 7.88. The van der Waals surface area contributed by atoms with Crippen LogP contribution in [0.15, 0.2) is 24.3 Å². The zero-order valence-electron chi connectivity index (χ0n) is 15.3. The van der Waals surface area contributed by atoms with Crippen molar-refractivity contribution in [1.29, 1.82) is 0 Å². The van der Waals surface area contributed by atoms with Crippen LogP contribution in [0, 0.1) is 11.7 Å². The lowest BCUT2D eigenvalue weighted by molar-refractivity contribution is -0.139. The van der Waals surface area contributed by atoms with E-state index in [4.69, 9.17) is 0 Å². The van der Waals surface area contributed by atoms with E-state index >= 15 is 0 Å². The molecule has 6 nitrogen and oxygen atoms in total. The van der Waals surface area contributed by atoms with E-state index in [-0.39, 0.29) is 23.7 Å². The molecule has 144 valence electrons. The lowest BCUT2D eigenvalue weighted by Gasteiger charge is -2.41. The Morgan fingerprint density at radius 3 is 2.38 bits per heavy atom. The molecule has 2 heterocycles. The minimum atomic E-state index is -3.20. The van der Waals surface area contributed by atoms with E-state index in [1.807, 2.05) is 18.0 Å². The maximum Gasteiger partial charge on any atom is 0.225 e. The molecule has 8 heteroatoms. The van der Waals surface area contributed by atoms with E-state index in [1.54, 1.807) is 12.1 Å². The van der Waals surface area contributed by atoms with Crippen LogP contribution in [0.4, 0.5) is 4.39 Å². The average Bonchev–Trinajstić information content (AvgIpc) is 2.62. The van der Waals surface area contributed by atoms with Crippen LogP contribution in [0.2, 0.25) is 0 Å². The molecular weight excluding hydrogens is 357 g/mol. The van der Waals surface area contributed by atoms with Gasteiger partial charge in [0.15, 0.2) is 0 Å². The zero-order chi connectivity index (χ0) is 18.9. The summed E-state index contributed by atoms with van der Waals surface area (Å²) in [6.45, 7) is 2.54. The molecule has 0 bridgehead atoms. The summed E-state index contributed by atoms with van der Waals surface area (Å²) in [7, 11) is -1.25. The number of piperazine rings is 1. The Morgan fingerprint density at radius 2 is 1.77 bits per heavy atom. The molecule has 26 heavy (non-hydrogen) atoms. The second kappa shape index (κ2) is 7.62. The molecule has 1 unspecified atom stereocenters. The van der Waals surface area contributed by atoms with E-state index in [0.717, 1.165) is 0 Å². The first-order valence-electron chi connectivity index (χ1n) is 8.96. The Hall–Kier alpha value is -1.51. The van der Waals surface area contributed by atoms with Crippen LogP contribution in [0.25, 0.3) is 0 Å². The van der Waals surface area contributed by atoms with Crippen LogP contribution in [0.5, 0.6) is 0 Å². The molecular formula is C18H26FN3O3S. The van der Waals surface area contributed by atoms with Crippen molar-refractivity contribution >= 4 is 15.9 Å². The number of hydrogen-bond donors (Lipinski definition) is 0. The van der Waals surface area contributed by atoms with Crippen LogP contribution in [0.1, 0.15) is 24.4 Å². The second-order valence-corrected chi connectivity index (χ2v) is 9.22. The summed E-state index contributed by atoms with van der Waals surface area (Å²) < 4.78 is 38.9. The first-order chi connectivity index (χ1) is 12.3. The highest BCUT2D eigenvalue weighted by Crippen LogP contribution is 2.28. The maximum absolute atomic E-state index is 14.2. The molecule has 1 aromatic rings. The largest absolute Gasteiger partial charge is 0.339 e. The van der Waals surface area contributed by atoms with Gasteiger partial charge in [0.2, 0.25) is 15.9 Å². The zero-order valence-corrected chi connectivity index (χ0v) is 16.1. The van der Waals surface area contributed by atoms with Gasteiger partial charge in [-0.2, -0.15) is 0 Å². The number of carbonyl (C=O) groups is 1. The Bertz CT molecular complexity index is 763. The lowest BCUT2D eigenvalue weighted by Crippen LogP contribution is -2.52. The number of sulfonamides is 1. The van der Waals surface area contributed by atoms with Gasteiger partial charge in [-0.25, -0.2) is 17.1 Å². The molecule has 3 rings (SSSR count). The van der Waals surface area contributed by atoms with E-state index in [2.05, 4.69) is 4.90 Å². The van der Waals surface area contributed by atoms with Crippen LogP contribution in [0.3, 0.4) is 0 Å². The van der Waals surface area contributed by atoms with Gasteiger partial charge in [-0.3, -0.25) is 9.69 Å². The molecule has 0 saturated carbocycles. The summed E-state index contributed by atoms with van der Waals surface area (Å²) in [5, 5.41) is 0. The minimum Gasteiger partial charge on any atom is -0.339 e. The number of likely N-dealkylation sites (N-methyl/N-ethyl adjacent to an activating group) is 1. The number of benzene rings is 1. The molecule has 1 aromatic carbocycles. The highest BCUT2D eigenvalue weighted by atomic mass is 32.2. The third-order valence-electron chi connectivity index (χ3n) is 5.50. The van der Waals surface area contributed by atoms with E-state index < -0.39 is 10.0 Å². The molecule has 2 fully saturated rings. The Kier molecular flexibility index (Phi) is 5.64. The molecule has 0 radical (unpaired) electrons. The molecule has 0 N–H and O–H groups in total. The predicted octanol–water partition coefficient (Wildman–Crippen LogP) is 1.31. The fourth-order valence-corrected chi connectivity index (χ4v) is 4.72. The quantitative estimate of drug-likeness (QED) is 0.790. The van der Waals surface area contributed by atoms with Gasteiger partial charge in [-0.1, -0.05) is 18.2 Å². The number of amides is 1. The summed E-state index contributed by atoms with van der Waals surface area (Å²) in [4.78, 5) is 16.8. The van der Waals surface area contributed by atoms with Crippen molar-refractivity contribution in [2.75, 3.05) is 46.0 Å². The Labute approximate surface area is 154 Å². The number of piperidine rings is 1. The molecule has 2 aliphatic heterocycles. The first-order valence-corrected chi connectivity index (χ1v) is 10.8. The fourth-order valence-electron chi connectivity index (χ4n) is 3.85. The fraction of sp³-hybridized carbons (Fsp3) is 0.611. The van der Waals surface area contributed by atoms with Gasteiger partial charge in [-0.15, -0.1) is 0 Å². The van der Waals surface area contributed by atoms with Crippen LogP contribution >= 0.6 is 0 Å². The molecule has 2 saturated heterocycles. The summed E-state index contributed by atoms with van der Waals surface area (Å²) in [6, 6.07) is 6.54. The van der Waals surface area contributed by atoms with E-state index in [0.29, 0.717) is 51.1 Å². The van der Waals surface area contributed by atoms with Crippen LogP contribution < -0.4 is 0 Å². The van der Waals surface area contributed by atoms with Crippen molar-refractivity contribution in [3.05, 3.63) is 35.6 Å². The average molecular weight is 383 g/mol. The van der Waals surface area contributed by atoms with Gasteiger partial charge in [0.05, 0.1) is 12.3 Å². The molecule has 2 aliphatic rings. The van der Waals surface area contributed by atoms with Gasteiger partial charge < -0.3 is 4.90 Å². The standard InChI is InChI=1S/C18H26FN3O3S/c1-20-11-12-21(13-17(20)15-5-3-4-6-16(15)19)18(23)14-7-9-22(10-8-14)26(2,24)25/h3-6,14,17H,7-13H2,1-2H3. The summed E-state index contributed by atoms with van der Waals surface area (Å²) in [6.07, 6.45) is 2.29. The number of rotatable bonds is 3. The predicted molar refractivity (Wildman–Crippen MR) is 97.5 cm³/mol. The molecule has 1 amide bonds. The highest BCUT2D eigenvalue weighted by Gasteiger charge is 2.35. The first kappa shape index (κ1) is 19.3. The van der Waals surface area contributed by atoms with Crippen molar-refractivity contribution in [2.45, 2.75) is 18.9 Å². The smallest absolute Gasteiger partial charge is 0.225 e. The van der Waals surface area contributed by atoms with Crippen LogP contribution in [-0.2, 0) is 14.8 Å². The van der Waals surface area contributed by atoms with Crippen molar-refractivity contribution in [1.82, 2.24) is 14.1 Å². The number of hydrogen-bond acceptors (Lipinski definition) is 4. The maximum atomic E-state index is 14.2. The van der Waals surface area contributed by atoms with Gasteiger partial charge in [0.1, 0.15) is 5.82 Å². The van der Waals surface area contributed by atoms with E-state index in [1.165, 1.54) is 16.6 Å². The number of nitrogens with zero attached hydrogens (tertiary/aromatic N) is 3. The van der Waals surface area contributed by atoms with Gasteiger partial charge >= 0.3 is 0 Å².